The molecule has 0 N–H and O–H groups in total. The highest BCUT2D eigenvalue weighted by molar-refractivity contribution is 4.66. The van der Waals surface area contributed by atoms with E-state index in [1.54, 1.807) is 0 Å². The lowest BCUT2D eigenvalue weighted by Gasteiger charge is -2.12. The van der Waals surface area contributed by atoms with Crippen LogP contribution in [0.25, 0.3) is 0 Å². The Bertz CT molecular complexity index is 172. The van der Waals surface area contributed by atoms with Crippen LogP contribution in [0, 0.1) is 10.1 Å². The largest absolute Gasteiger partial charge is 0.362 e. The van der Waals surface area contributed by atoms with E-state index in [-0.39, 0.29) is 6.61 Å². The van der Waals surface area contributed by atoms with Crippen molar-refractivity contribution in [2.45, 2.75) is 12.5 Å². The van der Waals surface area contributed by atoms with Gasteiger partial charge in [0.25, 0.3) is 0 Å². The van der Waals surface area contributed by atoms with Crippen molar-refractivity contribution in [2.24, 2.45) is 0 Å². The molecule has 70 valence electrons. The third-order valence-corrected chi connectivity index (χ3v) is 0.998. The van der Waals surface area contributed by atoms with Crippen molar-refractivity contribution >= 4 is 0 Å². The fraction of sp³-hybridized carbons (Fsp3) is 0.667. The van der Waals surface area contributed by atoms with Gasteiger partial charge in [-0.3, -0.25) is 10.1 Å². The van der Waals surface area contributed by atoms with Crippen LogP contribution in [-0.4, -0.2) is 24.2 Å². The zero-order valence-corrected chi connectivity index (χ0v) is 6.33. The quantitative estimate of drug-likeness (QED) is 0.354. The smallest absolute Gasteiger partial charge is 0.316 e. The van der Waals surface area contributed by atoms with Gasteiger partial charge in [-0.25, -0.2) is 0 Å². The molecule has 0 heterocycles. The first-order valence-electron chi connectivity index (χ1n) is 3.22. The maximum atomic E-state index is 12.4. The molecule has 12 heavy (non-hydrogen) atoms. The third-order valence-electron chi connectivity index (χ3n) is 0.998. The van der Waals surface area contributed by atoms with E-state index >= 15 is 0 Å². The molecule has 0 saturated carbocycles. The molecule has 0 aliphatic carbocycles. The van der Waals surface area contributed by atoms with Crippen LogP contribution >= 0.6 is 0 Å². The molecule has 0 amide bonds. The lowest BCUT2D eigenvalue weighted by atomic mass is 10.4. The zero-order valence-electron chi connectivity index (χ0n) is 6.33. The summed E-state index contributed by atoms with van der Waals surface area (Å²) in [7, 11) is 0. The van der Waals surface area contributed by atoms with Crippen molar-refractivity contribution in [3.8, 4) is 0 Å². The summed E-state index contributed by atoms with van der Waals surface area (Å²) in [6.45, 7) is 2.05. The molecule has 0 bridgehead atoms. The SMILES string of the molecule is C=CCOC(F)(F)CC[N+](=O)[O-]. The van der Waals surface area contributed by atoms with E-state index < -0.39 is 24.0 Å². The summed E-state index contributed by atoms with van der Waals surface area (Å²) in [5, 5.41) is 9.72. The molecule has 0 unspecified atom stereocenters. The second-order valence-electron chi connectivity index (χ2n) is 2.04. The summed E-state index contributed by atoms with van der Waals surface area (Å²) in [5.41, 5.74) is 0. The fourth-order valence-electron chi connectivity index (χ4n) is 0.474. The number of ether oxygens (including phenoxy) is 1. The van der Waals surface area contributed by atoms with E-state index in [4.69, 9.17) is 0 Å². The number of nitrogens with zero attached hydrogens (tertiary/aromatic N) is 1. The van der Waals surface area contributed by atoms with Crippen molar-refractivity contribution in [1.82, 2.24) is 0 Å². The van der Waals surface area contributed by atoms with Crippen molar-refractivity contribution < 1.29 is 18.4 Å². The van der Waals surface area contributed by atoms with Crippen LogP contribution in [0.4, 0.5) is 8.78 Å². The van der Waals surface area contributed by atoms with E-state index in [2.05, 4.69) is 11.3 Å². The van der Waals surface area contributed by atoms with E-state index in [1.165, 1.54) is 0 Å². The first-order valence-corrected chi connectivity index (χ1v) is 3.22. The van der Waals surface area contributed by atoms with Crippen LogP contribution < -0.4 is 0 Å². The van der Waals surface area contributed by atoms with Gasteiger partial charge in [0.2, 0.25) is 6.54 Å². The van der Waals surface area contributed by atoms with Crippen LogP contribution in [0.2, 0.25) is 0 Å². The first kappa shape index (κ1) is 11.0. The second kappa shape index (κ2) is 4.76. The Kier molecular flexibility index (Phi) is 4.35. The van der Waals surface area contributed by atoms with Gasteiger partial charge in [0.15, 0.2) is 0 Å². The summed E-state index contributed by atoms with van der Waals surface area (Å²) < 4.78 is 28.8. The van der Waals surface area contributed by atoms with E-state index in [0.717, 1.165) is 6.08 Å². The van der Waals surface area contributed by atoms with E-state index in [0.29, 0.717) is 0 Å². The molecule has 0 aromatic carbocycles. The van der Waals surface area contributed by atoms with Gasteiger partial charge in [-0.15, -0.1) is 6.58 Å². The normalized spacial score (nSPS) is 11.2. The lowest BCUT2D eigenvalue weighted by molar-refractivity contribution is -0.489. The van der Waals surface area contributed by atoms with Gasteiger partial charge in [0.1, 0.15) is 6.42 Å². The summed E-state index contributed by atoms with van der Waals surface area (Å²) in [6, 6.07) is 0. The Morgan fingerprint density at radius 2 is 2.25 bits per heavy atom. The highest BCUT2D eigenvalue weighted by Gasteiger charge is 2.31. The standard InChI is InChI=1S/C6H9F2NO3/c1-2-5-12-6(7,8)3-4-9(10)11/h2H,1,3-5H2. The fourth-order valence-corrected chi connectivity index (χ4v) is 0.474. The highest BCUT2D eigenvalue weighted by Crippen LogP contribution is 2.19. The number of alkyl halides is 2. The van der Waals surface area contributed by atoms with Gasteiger partial charge in [0, 0.05) is 4.92 Å². The van der Waals surface area contributed by atoms with Crippen LogP contribution in [0.1, 0.15) is 6.42 Å². The Morgan fingerprint density at radius 1 is 1.67 bits per heavy atom. The van der Waals surface area contributed by atoms with Gasteiger partial charge in [0.05, 0.1) is 6.61 Å². The topological polar surface area (TPSA) is 52.4 Å². The molecule has 0 spiro atoms. The molecule has 0 saturated heterocycles. The molecule has 0 aliphatic rings. The molecule has 0 atom stereocenters. The van der Waals surface area contributed by atoms with E-state index in [9.17, 15) is 18.9 Å². The van der Waals surface area contributed by atoms with Crippen LogP contribution in [0.3, 0.4) is 0 Å². The average Bonchev–Trinajstić information content (AvgIpc) is 1.98. The van der Waals surface area contributed by atoms with Gasteiger partial charge in [-0.2, -0.15) is 8.78 Å². The highest BCUT2D eigenvalue weighted by atomic mass is 19.3. The van der Waals surface area contributed by atoms with Crippen molar-refractivity contribution in [2.75, 3.05) is 13.2 Å². The van der Waals surface area contributed by atoms with Crippen LogP contribution in [0.15, 0.2) is 12.7 Å². The van der Waals surface area contributed by atoms with Gasteiger partial charge in [-0.1, -0.05) is 6.08 Å². The summed E-state index contributed by atoms with van der Waals surface area (Å²) in [4.78, 5) is 8.90. The molecule has 6 heteroatoms. The summed E-state index contributed by atoms with van der Waals surface area (Å²) in [6.07, 6.45) is -3.19. The zero-order chi connectivity index (χ0) is 9.61. The minimum Gasteiger partial charge on any atom is -0.316 e. The summed E-state index contributed by atoms with van der Waals surface area (Å²) in [5.74, 6) is 0. The monoisotopic (exact) mass is 181 g/mol. The van der Waals surface area contributed by atoms with Gasteiger partial charge in [-0.05, 0) is 0 Å². The molecule has 0 radical (unpaired) electrons. The first-order chi connectivity index (χ1) is 5.48. The predicted molar refractivity (Wildman–Crippen MR) is 37.6 cm³/mol. The Labute approximate surface area is 68.0 Å². The van der Waals surface area contributed by atoms with Gasteiger partial charge >= 0.3 is 6.11 Å². The van der Waals surface area contributed by atoms with Crippen LogP contribution in [0.5, 0.6) is 0 Å². The third kappa shape index (κ3) is 5.72. The summed E-state index contributed by atoms with van der Waals surface area (Å²) >= 11 is 0. The Morgan fingerprint density at radius 3 is 2.67 bits per heavy atom. The van der Waals surface area contributed by atoms with Crippen molar-refractivity contribution in [1.29, 1.82) is 0 Å². The van der Waals surface area contributed by atoms with Crippen LogP contribution in [-0.2, 0) is 4.74 Å². The maximum absolute atomic E-state index is 12.4. The molecular formula is C6H9F2NO3. The molecule has 0 aliphatic heterocycles. The van der Waals surface area contributed by atoms with Gasteiger partial charge < -0.3 is 4.74 Å². The number of halogens is 2. The molecule has 0 aromatic rings. The molecule has 0 aromatic heterocycles. The average molecular weight is 181 g/mol. The minimum atomic E-state index is -3.43. The van der Waals surface area contributed by atoms with Crippen molar-refractivity contribution in [3.63, 3.8) is 0 Å². The maximum Gasteiger partial charge on any atom is 0.362 e. The molecule has 0 fully saturated rings. The molecule has 0 rings (SSSR count). The number of rotatable bonds is 6. The Hall–Kier alpha value is -1.04. The molecular weight excluding hydrogens is 172 g/mol. The van der Waals surface area contributed by atoms with Crippen molar-refractivity contribution in [3.05, 3.63) is 22.8 Å². The predicted octanol–water partition coefficient (Wildman–Crippen LogP) is 1.45. The second-order valence-corrected chi connectivity index (χ2v) is 2.04. The number of hydrogen-bond acceptors (Lipinski definition) is 3. The Balaban J connectivity index is 3.69. The lowest BCUT2D eigenvalue weighted by Crippen LogP contribution is -2.24. The minimum absolute atomic E-state index is 0.315. The number of hydrogen-bond donors (Lipinski definition) is 0. The molecule has 4 nitrogen and oxygen atoms in total. The number of nitro groups is 1. The van der Waals surface area contributed by atoms with E-state index in [1.807, 2.05) is 0 Å².